The van der Waals surface area contributed by atoms with E-state index in [4.69, 9.17) is 11.6 Å². The number of pyridine rings is 2. The van der Waals surface area contributed by atoms with Gasteiger partial charge in [0.25, 0.3) is 0 Å². The van der Waals surface area contributed by atoms with Crippen molar-refractivity contribution in [1.82, 2.24) is 19.7 Å². The first kappa shape index (κ1) is 14.6. The second-order valence-corrected chi connectivity index (χ2v) is 6.74. The van der Waals surface area contributed by atoms with Crippen LogP contribution in [-0.2, 0) is 6.54 Å². The van der Waals surface area contributed by atoms with Gasteiger partial charge in [-0.3, -0.25) is 9.67 Å². The summed E-state index contributed by atoms with van der Waals surface area (Å²) in [7, 11) is 0. The van der Waals surface area contributed by atoms with Crippen LogP contribution in [-0.4, -0.2) is 19.7 Å². The lowest BCUT2D eigenvalue weighted by molar-refractivity contribution is 0.308. The minimum absolute atomic E-state index is 0.490. The van der Waals surface area contributed by atoms with Crippen LogP contribution in [0.3, 0.4) is 0 Å². The number of fused-ring (bicyclic) bond motifs is 1. The monoisotopic (exact) mass is 326 g/mol. The molecule has 23 heavy (non-hydrogen) atoms. The van der Waals surface area contributed by atoms with E-state index in [0.29, 0.717) is 5.15 Å². The Kier molecular flexibility index (Phi) is 4.00. The molecule has 0 saturated heterocycles. The number of halogens is 1. The highest BCUT2D eigenvalue weighted by atomic mass is 35.5. The highest BCUT2D eigenvalue weighted by molar-refractivity contribution is 6.29. The molecule has 1 saturated carbocycles. The van der Waals surface area contributed by atoms with Crippen molar-refractivity contribution in [3.05, 3.63) is 41.9 Å². The smallest absolute Gasteiger partial charge is 0.129 e. The molecule has 4 rings (SSSR count). The molecule has 1 aliphatic rings. The number of hydrogen-bond donors (Lipinski definition) is 0. The van der Waals surface area contributed by atoms with E-state index in [-0.39, 0.29) is 0 Å². The fourth-order valence-electron chi connectivity index (χ4n) is 3.39. The zero-order valence-corrected chi connectivity index (χ0v) is 13.7. The Morgan fingerprint density at radius 3 is 2.78 bits per heavy atom. The first-order valence-corrected chi connectivity index (χ1v) is 8.61. The zero-order chi connectivity index (χ0) is 15.6. The van der Waals surface area contributed by atoms with Gasteiger partial charge in [0, 0.05) is 30.1 Å². The number of nitrogens with zero attached hydrogens (tertiary/aromatic N) is 4. The molecule has 0 aliphatic heterocycles. The van der Waals surface area contributed by atoms with Crippen LogP contribution in [0.25, 0.3) is 22.2 Å². The highest BCUT2D eigenvalue weighted by Gasteiger charge is 2.14. The predicted molar refractivity (Wildman–Crippen MR) is 92.3 cm³/mol. The van der Waals surface area contributed by atoms with Crippen molar-refractivity contribution in [2.24, 2.45) is 5.92 Å². The molecule has 3 aromatic rings. The van der Waals surface area contributed by atoms with E-state index in [2.05, 4.69) is 25.9 Å². The van der Waals surface area contributed by atoms with Gasteiger partial charge in [0.15, 0.2) is 0 Å². The Balaban J connectivity index is 1.58. The summed E-state index contributed by atoms with van der Waals surface area (Å²) in [5.74, 6) is 0.770. The van der Waals surface area contributed by atoms with Gasteiger partial charge in [0.05, 0.1) is 17.2 Å². The maximum atomic E-state index is 5.97. The van der Waals surface area contributed by atoms with Crippen molar-refractivity contribution in [3.8, 4) is 11.1 Å². The molecule has 0 spiro atoms. The number of aromatic nitrogens is 4. The van der Waals surface area contributed by atoms with Gasteiger partial charge in [-0.25, -0.2) is 4.98 Å². The summed E-state index contributed by atoms with van der Waals surface area (Å²) < 4.78 is 2.07. The fraction of sp³-hybridized carbons (Fsp3) is 0.389. The molecule has 0 bridgehead atoms. The van der Waals surface area contributed by atoms with Crippen LogP contribution in [0, 0.1) is 5.92 Å². The minimum atomic E-state index is 0.490. The van der Waals surface area contributed by atoms with E-state index in [9.17, 15) is 0 Å². The van der Waals surface area contributed by atoms with E-state index >= 15 is 0 Å². The van der Waals surface area contributed by atoms with Crippen molar-refractivity contribution in [1.29, 1.82) is 0 Å². The molecule has 0 amide bonds. The van der Waals surface area contributed by atoms with Crippen LogP contribution < -0.4 is 0 Å². The van der Waals surface area contributed by atoms with Crippen LogP contribution in [0.2, 0.25) is 5.15 Å². The van der Waals surface area contributed by atoms with Crippen LogP contribution >= 0.6 is 11.6 Å². The maximum Gasteiger partial charge on any atom is 0.129 e. The average molecular weight is 327 g/mol. The van der Waals surface area contributed by atoms with Crippen molar-refractivity contribution in [2.75, 3.05) is 0 Å². The normalized spacial score (nSPS) is 16.0. The molecule has 0 atom stereocenters. The molecule has 0 radical (unpaired) electrons. The Hall–Kier alpha value is -1.94. The van der Waals surface area contributed by atoms with Crippen LogP contribution in [0.1, 0.15) is 32.1 Å². The van der Waals surface area contributed by atoms with Gasteiger partial charge < -0.3 is 0 Å². The predicted octanol–water partition coefficient (Wildman–Crippen LogP) is 4.73. The number of rotatable bonds is 3. The molecule has 0 aromatic carbocycles. The summed E-state index contributed by atoms with van der Waals surface area (Å²) in [6.07, 6.45) is 12.7. The minimum Gasteiger partial charge on any atom is -0.272 e. The van der Waals surface area contributed by atoms with Crippen LogP contribution in [0.15, 0.2) is 36.8 Å². The molecular weight excluding hydrogens is 308 g/mol. The van der Waals surface area contributed by atoms with Crippen molar-refractivity contribution < 1.29 is 0 Å². The van der Waals surface area contributed by atoms with Gasteiger partial charge in [-0.05, 0) is 37.0 Å². The lowest BCUT2D eigenvalue weighted by Gasteiger charge is -2.21. The van der Waals surface area contributed by atoms with Gasteiger partial charge in [-0.2, -0.15) is 5.10 Å². The summed E-state index contributed by atoms with van der Waals surface area (Å²) in [6, 6.07) is 5.68. The molecule has 5 heteroatoms. The van der Waals surface area contributed by atoms with E-state index in [1.165, 1.54) is 32.1 Å². The molecule has 0 N–H and O–H groups in total. The quantitative estimate of drug-likeness (QED) is 0.654. The topological polar surface area (TPSA) is 43.6 Å². The first-order valence-electron chi connectivity index (χ1n) is 8.23. The van der Waals surface area contributed by atoms with Gasteiger partial charge in [0.1, 0.15) is 5.15 Å². The third-order valence-corrected chi connectivity index (χ3v) is 4.85. The Morgan fingerprint density at radius 1 is 1.04 bits per heavy atom. The Morgan fingerprint density at radius 2 is 1.91 bits per heavy atom. The van der Waals surface area contributed by atoms with E-state index in [1.807, 2.05) is 24.5 Å². The third kappa shape index (κ3) is 3.22. The lowest BCUT2D eigenvalue weighted by Crippen LogP contribution is -2.14. The largest absolute Gasteiger partial charge is 0.272 e. The molecule has 118 valence electrons. The Bertz CT molecular complexity index is 821. The van der Waals surface area contributed by atoms with Crippen LogP contribution in [0.4, 0.5) is 0 Å². The second kappa shape index (κ2) is 6.28. The van der Waals surface area contributed by atoms with Crippen molar-refractivity contribution in [2.45, 2.75) is 38.6 Å². The molecule has 0 unspecified atom stereocenters. The lowest BCUT2D eigenvalue weighted by atomic mass is 9.89. The zero-order valence-electron chi connectivity index (χ0n) is 13.0. The van der Waals surface area contributed by atoms with Gasteiger partial charge in [-0.1, -0.05) is 30.9 Å². The third-order valence-electron chi connectivity index (χ3n) is 4.64. The summed E-state index contributed by atoms with van der Waals surface area (Å²) in [6.45, 7) is 1.02. The maximum absolute atomic E-state index is 5.97. The van der Waals surface area contributed by atoms with Gasteiger partial charge in [-0.15, -0.1) is 0 Å². The second-order valence-electron chi connectivity index (χ2n) is 6.35. The fourth-order valence-corrected chi connectivity index (χ4v) is 3.54. The summed E-state index contributed by atoms with van der Waals surface area (Å²) in [5, 5.41) is 5.02. The molecule has 3 aromatic heterocycles. The summed E-state index contributed by atoms with van der Waals surface area (Å²) in [5.41, 5.74) is 3.78. The van der Waals surface area contributed by atoms with E-state index < -0.39 is 0 Å². The van der Waals surface area contributed by atoms with Crippen LogP contribution in [0.5, 0.6) is 0 Å². The van der Waals surface area contributed by atoms with E-state index in [1.54, 1.807) is 6.07 Å². The van der Waals surface area contributed by atoms with Crippen molar-refractivity contribution in [3.63, 3.8) is 0 Å². The molecule has 4 nitrogen and oxygen atoms in total. The Labute approximate surface area is 140 Å². The molecule has 1 fully saturated rings. The van der Waals surface area contributed by atoms with Gasteiger partial charge >= 0.3 is 0 Å². The first-order chi connectivity index (χ1) is 11.3. The summed E-state index contributed by atoms with van der Waals surface area (Å²) >= 11 is 5.97. The average Bonchev–Trinajstić information content (AvgIpc) is 3.03. The SMILES string of the molecule is Clc1ccc2ncc(-c3cnn(CC4CCCCC4)c3)cc2n1. The van der Waals surface area contributed by atoms with E-state index in [0.717, 1.165) is 34.6 Å². The summed E-state index contributed by atoms with van der Waals surface area (Å²) in [4.78, 5) is 8.80. The molecular formula is C18H19ClN4. The molecule has 1 aliphatic carbocycles. The standard InChI is InChI=1S/C18H19ClN4/c19-18-7-6-16-17(22-18)8-14(9-20-16)15-10-21-23(12-15)11-13-4-2-1-3-5-13/h6-10,12-13H,1-5,11H2. The van der Waals surface area contributed by atoms with Crippen molar-refractivity contribution >= 4 is 22.6 Å². The van der Waals surface area contributed by atoms with Gasteiger partial charge in [0.2, 0.25) is 0 Å². The molecule has 3 heterocycles. The highest BCUT2D eigenvalue weighted by Crippen LogP contribution is 2.26. The number of hydrogen-bond acceptors (Lipinski definition) is 3.